The zero-order valence-electron chi connectivity index (χ0n) is 13.0. The van der Waals surface area contributed by atoms with Crippen molar-refractivity contribution >= 4 is 0 Å². The SMILES string of the molecule is CCNC1CCCCC1N(CCCOC)CCOC. The Hall–Kier alpha value is -0.160. The molecule has 0 heterocycles. The molecule has 1 aliphatic carbocycles. The Morgan fingerprint density at radius 2 is 1.79 bits per heavy atom. The lowest BCUT2D eigenvalue weighted by Gasteiger charge is -2.40. The number of hydrogen-bond donors (Lipinski definition) is 1. The van der Waals surface area contributed by atoms with Crippen LogP contribution in [-0.2, 0) is 9.47 Å². The lowest BCUT2D eigenvalue weighted by atomic mass is 9.89. The maximum absolute atomic E-state index is 5.27. The molecule has 0 spiro atoms. The maximum atomic E-state index is 5.27. The summed E-state index contributed by atoms with van der Waals surface area (Å²) in [6.45, 7) is 7.09. The number of ether oxygens (including phenoxy) is 2. The zero-order chi connectivity index (χ0) is 13.9. The van der Waals surface area contributed by atoms with Crippen LogP contribution in [0.3, 0.4) is 0 Å². The van der Waals surface area contributed by atoms with E-state index in [1.807, 2.05) is 0 Å². The standard InChI is InChI=1S/C15H32N2O2/c1-4-16-14-8-5-6-9-15(14)17(11-13-19-3)10-7-12-18-2/h14-16H,4-13H2,1-3H3. The van der Waals surface area contributed by atoms with Crippen LogP contribution in [0.15, 0.2) is 0 Å². The molecule has 0 bridgehead atoms. The largest absolute Gasteiger partial charge is 0.385 e. The molecule has 0 aromatic carbocycles. The monoisotopic (exact) mass is 272 g/mol. The maximum Gasteiger partial charge on any atom is 0.0589 e. The third-order valence-electron chi connectivity index (χ3n) is 4.04. The number of rotatable bonds is 10. The number of hydrogen-bond acceptors (Lipinski definition) is 4. The summed E-state index contributed by atoms with van der Waals surface area (Å²) in [5, 5.41) is 3.67. The molecule has 1 aliphatic rings. The van der Waals surface area contributed by atoms with Crippen LogP contribution in [0, 0.1) is 0 Å². The quantitative estimate of drug-likeness (QED) is 0.616. The number of likely N-dealkylation sites (N-methyl/N-ethyl adjacent to an activating group) is 1. The smallest absolute Gasteiger partial charge is 0.0589 e. The highest BCUT2D eigenvalue weighted by Gasteiger charge is 2.28. The van der Waals surface area contributed by atoms with Gasteiger partial charge in [0.1, 0.15) is 0 Å². The van der Waals surface area contributed by atoms with E-state index in [0.717, 1.165) is 39.3 Å². The van der Waals surface area contributed by atoms with E-state index < -0.39 is 0 Å². The summed E-state index contributed by atoms with van der Waals surface area (Å²) in [7, 11) is 3.57. The van der Waals surface area contributed by atoms with Gasteiger partial charge in [0, 0.05) is 46.0 Å². The predicted molar refractivity (Wildman–Crippen MR) is 79.7 cm³/mol. The Bertz CT molecular complexity index is 212. The van der Waals surface area contributed by atoms with Gasteiger partial charge in [-0.15, -0.1) is 0 Å². The van der Waals surface area contributed by atoms with Crippen LogP contribution in [-0.4, -0.2) is 64.1 Å². The van der Waals surface area contributed by atoms with Gasteiger partial charge in [-0.1, -0.05) is 19.8 Å². The molecule has 0 aromatic rings. The van der Waals surface area contributed by atoms with Gasteiger partial charge < -0.3 is 14.8 Å². The lowest BCUT2D eigenvalue weighted by molar-refractivity contribution is 0.0746. The minimum atomic E-state index is 0.651. The minimum absolute atomic E-state index is 0.651. The molecule has 2 atom stereocenters. The molecular weight excluding hydrogens is 240 g/mol. The fourth-order valence-corrected chi connectivity index (χ4v) is 3.11. The third-order valence-corrected chi connectivity index (χ3v) is 4.04. The highest BCUT2D eigenvalue weighted by Crippen LogP contribution is 2.23. The van der Waals surface area contributed by atoms with Crippen molar-refractivity contribution < 1.29 is 9.47 Å². The Labute approximate surface area is 118 Å². The van der Waals surface area contributed by atoms with E-state index >= 15 is 0 Å². The zero-order valence-corrected chi connectivity index (χ0v) is 13.0. The molecule has 2 unspecified atom stereocenters. The molecule has 4 heteroatoms. The second-order valence-electron chi connectivity index (χ2n) is 5.39. The molecule has 0 saturated heterocycles. The summed E-state index contributed by atoms with van der Waals surface area (Å²) < 4.78 is 10.5. The van der Waals surface area contributed by atoms with E-state index in [1.54, 1.807) is 14.2 Å². The van der Waals surface area contributed by atoms with E-state index in [-0.39, 0.29) is 0 Å². The Kier molecular flexibility index (Phi) is 9.43. The van der Waals surface area contributed by atoms with E-state index in [9.17, 15) is 0 Å². The van der Waals surface area contributed by atoms with Crippen molar-refractivity contribution in [2.24, 2.45) is 0 Å². The van der Waals surface area contributed by atoms with Crippen LogP contribution in [0.4, 0.5) is 0 Å². The van der Waals surface area contributed by atoms with Gasteiger partial charge >= 0.3 is 0 Å². The van der Waals surface area contributed by atoms with Crippen molar-refractivity contribution in [1.82, 2.24) is 10.2 Å². The van der Waals surface area contributed by atoms with Gasteiger partial charge in [0.25, 0.3) is 0 Å². The highest BCUT2D eigenvalue weighted by atomic mass is 16.5. The van der Waals surface area contributed by atoms with Gasteiger partial charge in [0.05, 0.1) is 6.61 Å². The predicted octanol–water partition coefficient (Wildman–Crippen LogP) is 1.89. The molecule has 0 amide bonds. The number of nitrogens with zero attached hydrogens (tertiary/aromatic N) is 1. The van der Waals surface area contributed by atoms with E-state index in [4.69, 9.17) is 9.47 Å². The number of nitrogens with one attached hydrogen (secondary N) is 1. The van der Waals surface area contributed by atoms with Crippen molar-refractivity contribution in [3.63, 3.8) is 0 Å². The first-order valence-electron chi connectivity index (χ1n) is 7.78. The van der Waals surface area contributed by atoms with E-state index in [1.165, 1.54) is 25.7 Å². The minimum Gasteiger partial charge on any atom is -0.385 e. The topological polar surface area (TPSA) is 33.7 Å². The molecule has 114 valence electrons. The summed E-state index contributed by atoms with van der Waals surface area (Å²) in [5.74, 6) is 0. The van der Waals surface area contributed by atoms with Crippen LogP contribution < -0.4 is 5.32 Å². The van der Waals surface area contributed by atoms with Crippen molar-refractivity contribution in [3.05, 3.63) is 0 Å². The van der Waals surface area contributed by atoms with Crippen LogP contribution in [0.2, 0.25) is 0 Å². The molecule has 0 aromatic heterocycles. The second-order valence-corrected chi connectivity index (χ2v) is 5.39. The second kappa shape index (κ2) is 10.6. The van der Waals surface area contributed by atoms with Crippen LogP contribution in [0.5, 0.6) is 0 Å². The Balaban J connectivity index is 2.52. The average Bonchev–Trinajstić information content (AvgIpc) is 2.44. The van der Waals surface area contributed by atoms with Gasteiger partial charge in [0.2, 0.25) is 0 Å². The first-order chi connectivity index (χ1) is 9.33. The fourth-order valence-electron chi connectivity index (χ4n) is 3.11. The molecule has 1 fully saturated rings. The molecular formula is C15H32N2O2. The first-order valence-corrected chi connectivity index (χ1v) is 7.78. The molecule has 1 saturated carbocycles. The van der Waals surface area contributed by atoms with Crippen LogP contribution >= 0.6 is 0 Å². The molecule has 19 heavy (non-hydrogen) atoms. The molecule has 0 aliphatic heterocycles. The van der Waals surface area contributed by atoms with Gasteiger partial charge in [-0.25, -0.2) is 0 Å². The Morgan fingerprint density at radius 3 is 2.47 bits per heavy atom. The number of methoxy groups -OCH3 is 2. The average molecular weight is 272 g/mol. The molecule has 4 nitrogen and oxygen atoms in total. The molecule has 1 rings (SSSR count). The van der Waals surface area contributed by atoms with Crippen molar-refractivity contribution in [2.45, 2.75) is 51.1 Å². The summed E-state index contributed by atoms with van der Waals surface area (Å²) in [5.41, 5.74) is 0. The Morgan fingerprint density at radius 1 is 1.05 bits per heavy atom. The van der Waals surface area contributed by atoms with Gasteiger partial charge in [0.15, 0.2) is 0 Å². The summed E-state index contributed by atoms with van der Waals surface area (Å²) in [6.07, 6.45) is 6.46. The molecule has 0 radical (unpaired) electrons. The van der Waals surface area contributed by atoms with Crippen LogP contribution in [0.25, 0.3) is 0 Å². The van der Waals surface area contributed by atoms with Gasteiger partial charge in [-0.3, -0.25) is 4.90 Å². The first kappa shape index (κ1) is 16.9. The summed E-state index contributed by atoms with van der Waals surface area (Å²) in [6, 6.07) is 1.32. The van der Waals surface area contributed by atoms with E-state index in [2.05, 4.69) is 17.1 Å². The van der Waals surface area contributed by atoms with Gasteiger partial charge in [-0.05, 0) is 25.8 Å². The van der Waals surface area contributed by atoms with Crippen molar-refractivity contribution in [3.8, 4) is 0 Å². The van der Waals surface area contributed by atoms with Crippen molar-refractivity contribution in [1.29, 1.82) is 0 Å². The summed E-state index contributed by atoms with van der Waals surface area (Å²) in [4.78, 5) is 2.61. The fraction of sp³-hybridized carbons (Fsp3) is 1.00. The van der Waals surface area contributed by atoms with Gasteiger partial charge in [-0.2, -0.15) is 0 Å². The third kappa shape index (κ3) is 6.21. The lowest BCUT2D eigenvalue weighted by Crippen LogP contribution is -2.52. The van der Waals surface area contributed by atoms with Crippen LogP contribution in [0.1, 0.15) is 39.0 Å². The normalized spacial score (nSPS) is 24.0. The molecule has 1 N–H and O–H groups in total. The summed E-state index contributed by atoms with van der Waals surface area (Å²) >= 11 is 0. The highest BCUT2D eigenvalue weighted by molar-refractivity contribution is 4.88. The van der Waals surface area contributed by atoms with Crippen molar-refractivity contribution in [2.75, 3.05) is 47.1 Å². The van der Waals surface area contributed by atoms with E-state index in [0.29, 0.717) is 12.1 Å².